The second-order valence-corrected chi connectivity index (χ2v) is 11.9. The van der Waals surface area contributed by atoms with E-state index in [1.165, 1.54) is 33.4 Å². The number of urea groups is 1. The summed E-state index contributed by atoms with van der Waals surface area (Å²) in [7, 11) is 0. The van der Waals surface area contributed by atoms with Crippen LogP contribution < -0.4 is 15.1 Å². The predicted octanol–water partition coefficient (Wildman–Crippen LogP) is 1.86. The zero-order valence-electron chi connectivity index (χ0n) is 21.9. The number of piperazine rings is 1. The molecule has 0 unspecified atom stereocenters. The number of nitrogens with zero attached hydrogens (tertiary/aromatic N) is 7. The quantitative estimate of drug-likeness (QED) is 0.599. The Morgan fingerprint density at radius 1 is 0.872 bits per heavy atom. The van der Waals surface area contributed by atoms with Gasteiger partial charge in [0.15, 0.2) is 0 Å². The lowest BCUT2D eigenvalue weighted by Crippen LogP contribution is -2.56. The molecular weight excluding hydrogens is 516 g/mol. The molecule has 5 aliphatic heterocycles. The fourth-order valence-electron chi connectivity index (χ4n) is 6.12. The molecule has 0 bridgehead atoms. The Balaban J connectivity index is 1.01. The number of benzene rings is 1. The summed E-state index contributed by atoms with van der Waals surface area (Å²) in [6.07, 6.45) is 3.65. The van der Waals surface area contributed by atoms with Gasteiger partial charge in [-0.2, -0.15) is 4.98 Å². The number of hydrazine groups is 1. The van der Waals surface area contributed by atoms with Crippen LogP contribution in [0.3, 0.4) is 0 Å². The first-order valence-corrected chi connectivity index (χ1v) is 14.8. The molecule has 1 aromatic heterocycles. The van der Waals surface area contributed by atoms with Gasteiger partial charge in [-0.25, -0.2) is 19.8 Å². The van der Waals surface area contributed by atoms with Crippen molar-refractivity contribution >= 4 is 41.4 Å². The summed E-state index contributed by atoms with van der Waals surface area (Å²) >= 11 is 1.89. The van der Waals surface area contributed by atoms with Gasteiger partial charge in [0.25, 0.3) is 5.91 Å². The van der Waals surface area contributed by atoms with Crippen molar-refractivity contribution in [2.24, 2.45) is 0 Å². The van der Waals surface area contributed by atoms with Gasteiger partial charge in [0.1, 0.15) is 5.82 Å². The minimum Gasteiger partial charge on any atom is -0.353 e. The molecule has 6 heterocycles. The third kappa shape index (κ3) is 4.59. The van der Waals surface area contributed by atoms with E-state index in [1.807, 2.05) is 23.9 Å². The zero-order valence-corrected chi connectivity index (χ0v) is 22.7. The third-order valence-corrected chi connectivity index (χ3v) is 9.35. The van der Waals surface area contributed by atoms with E-state index in [1.54, 1.807) is 0 Å². The fourth-order valence-corrected chi connectivity index (χ4v) is 7.24. The standard InChI is InChI=1S/C27H32N8O3S/c36-22-5-9-34(27(38)29-22)35-17-19-15-18(3-4-20(19)25(35)37)16-31-10-12-32(13-11-31)24-23-21(6-14-39-23)28-26(30-24)33-7-1-2-8-33/h3-4,15H,1-2,5-14,16-17H2,(H,29,36,38). The molecule has 0 spiro atoms. The Labute approximate surface area is 231 Å². The maximum absolute atomic E-state index is 13.0. The lowest BCUT2D eigenvalue weighted by molar-refractivity contribution is -0.123. The molecule has 204 valence electrons. The number of anilines is 2. The molecule has 39 heavy (non-hydrogen) atoms. The number of hydrogen-bond donors (Lipinski definition) is 1. The van der Waals surface area contributed by atoms with Gasteiger partial charge in [-0.1, -0.05) is 12.1 Å². The molecule has 11 nitrogen and oxygen atoms in total. The molecule has 0 atom stereocenters. The van der Waals surface area contributed by atoms with Crippen LogP contribution in [0.15, 0.2) is 23.1 Å². The van der Waals surface area contributed by atoms with Gasteiger partial charge in [0.05, 0.1) is 23.7 Å². The lowest BCUT2D eigenvalue weighted by Gasteiger charge is -2.36. The first-order chi connectivity index (χ1) is 19.0. The third-order valence-electron chi connectivity index (χ3n) is 8.24. The van der Waals surface area contributed by atoms with Crippen molar-refractivity contribution in [1.29, 1.82) is 0 Å². The van der Waals surface area contributed by atoms with E-state index in [-0.39, 0.29) is 24.8 Å². The molecular formula is C27H32N8O3S. The van der Waals surface area contributed by atoms with E-state index in [4.69, 9.17) is 9.97 Å². The number of amides is 4. The normalized spacial score (nSPS) is 21.6. The molecule has 0 saturated carbocycles. The number of aryl methyl sites for hydroxylation is 1. The highest BCUT2D eigenvalue weighted by molar-refractivity contribution is 7.99. The number of imide groups is 1. The first-order valence-electron chi connectivity index (χ1n) is 13.8. The second-order valence-electron chi connectivity index (χ2n) is 10.8. The summed E-state index contributed by atoms with van der Waals surface area (Å²) in [5.74, 6) is 2.60. The molecule has 0 radical (unpaired) electrons. The molecule has 12 heteroatoms. The van der Waals surface area contributed by atoms with E-state index in [0.29, 0.717) is 12.1 Å². The molecule has 5 aliphatic rings. The Kier molecular flexibility index (Phi) is 6.31. The summed E-state index contributed by atoms with van der Waals surface area (Å²) in [5, 5.41) is 5.09. The number of fused-ring (bicyclic) bond motifs is 2. The molecule has 0 aliphatic carbocycles. The van der Waals surface area contributed by atoms with Gasteiger partial charge < -0.3 is 9.80 Å². The van der Waals surface area contributed by atoms with E-state index in [2.05, 4.69) is 26.1 Å². The van der Waals surface area contributed by atoms with E-state index >= 15 is 0 Å². The molecule has 7 rings (SSSR count). The SMILES string of the molecule is O=C1CCN(N2Cc3cc(CN4CCN(c5nc(N6CCCC6)nc6c5SCC6)CC4)ccc3C2=O)C(=O)N1. The van der Waals surface area contributed by atoms with Crippen LogP contribution in [0.2, 0.25) is 0 Å². The molecule has 3 saturated heterocycles. The summed E-state index contributed by atoms with van der Waals surface area (Å²) in [6, 6.07) is 5.44. The van der Waals surface area contributed by atoms with E-state index in [9.17, 15) is 14.4 Å². The van der Waals surface area contributed by atoms with Crippen LogP contribution in [0.1, 0.15) is 46.4 Å². The monoisotopic (exact) mass is 548 g/mol. The Morgan fingerprint density at radius 2 is 1.69 bits per heavy atom. The Morgan fingerprint density at radius 3 is 2.49 bits per heavy atom. The molecule has 1 aromatic carbocycles. The molecule has 2 aromatic rings. The van der Waals surface area contributed by atoms with Crippen molar-refractivity contribution in [2.45, 2.75) is 43.7 Å². The van der Waals surface area contributed by atoms with Crippen molar-refractivity contribution in [3.63, 3.8) is 0 Å². The largest absolute Gasteiger partial charge is 0.353 e. The van der Waals surface area contributed by atoms with Crippen LogP contribution in [0, 0.1) is 0 Å². The topological polar surface area (TPSA) is 105 Å². The van der Waals surface area contributed by atoms with Crippen LogP contribution in [0.25, 0.3) is 0 Å². The minimum absolute atomic E-state index is 0.194. The predicted molar refractivity (Wildman–Crippen MR) is 147 cm³/mol. The van der Waals surface area contributed by atoms with Gasteiger partial charge in [0.2, 0.25) is 11.9 Å². The smallest absolute Gasteiger partial charge is 0.342 e. The number of carbonyl (C=O) groups is 3. The van der Waals surface area contributed by atoms with Gasteiger partial charge in [-0.15, -0.1) is 11.8 Å². The van der Waals surface area contributed by atoms with Crippen molar-refractivity contribution in [1.82, 2.24) is 30.2 Å². The average molecular weight is 549 g/mol. The minimum atomic E-state index is -0.536. The molecule has 4 amide bonds. The van der Waals surface area contributed by atoms with E-state index in [0.717, 1.165) is 80.9 Å². The molecule has 1 N–H and O–H groups in total. The highest BCUT2D eigenvalue weighted by Gasteiger charge is 2.37. The van der Waals surface area contributed by atoms with Crippen LogP contribution in [0.4, 0.5) is 16.6 Å². The highest BCUT2D eigenvalue weighted by Crippen LogP contribution is 2.39. The van der Waals surface area contributed by atoms with Crippen LogP contribution >= 0.6 is 11.8 Å². The van der Waals surface area contributed by atoms with Gasteiger partial charge in [0, 0.05) is 70.0 Å². The second kappa shape index (κ2) is 9.98. The lowest BCUT2D eigenvalue weighted by atomic mass is 10.1. The first kappa shape index (κ1) is 24.6. The summed E-state index contributed by atoms with van der Waals surface area (Å²) < 4.78 is 0. The average Bonchev–Trinajstić information content (AvgIpc) is 3.70. The van der Waals surface area contributed by atoms with Gasteiger partial charge >= 0.3 is 6.03 Å². The maximum Gasteiger partial charge on any atom is 0.342 e. The zero-order chi connectivity index (χ0) is 26.5. The molecule has 3 fully saturated rings. The van der Waals surface area contributed by atoms with Crippen molar-refractivity contribution in [3.8, 4) is 0 Å². The number of hydrogen-bond acceptors (Lipinski definition) is 9. The van der Waals surface area contributed by atoms with Gasteiger partial charge in [-0.3, -0.25) is 19.8 Å². The number of carbonyl (C=O) groups excluding carboxylic acids is 3. The Bertz CT molecular complexity index is 1340. The van der Waals surface area contributed by atoms with Crippen molar-refractivity contribution < 1.29 is 14.4 Å². The number of rotatable bonds is 5. The van der Waals surface area contributed by atoms with Gasteiger partial charge in [-0.05, 0) is 30.0 Å². The van der Waals surface area contributed by atoms with Crippen molar-refractivity contribution in [3.05, 3.63) is 40.6 Å². The number of thioether (sulfide) groups is 1. The number of nitrogens with one attached hydrogen (secondary N) is 1. The summed E-state index contributed by atoms with van der Waals surface area (Å²) in [6.45, 7) is 7.18. The fraction of sp³-hybridized carbons (Fsp3) is 0.519. The maximum atomic E-state index is 13.0. The highest BCUT2D eigenvalue weighted by atomic mass is 32.2. The van der Waals surface area contributed by atoms with E-state index < -0.39 is 6.03 Å². The van der Waals surface area contributed by atoms with Crippen LogP contribution in [0.5, 0.6) is 0 Å². The van der Waals surface area contributed by atoms with Crippen LogP contribution in [-0.4, -0.2) is 94.3 Å². The summed E-state index contributed by atoms with van der Waals surface area (Å²) in [4.78, 5) is 55.2. The van der Waals surface area contributed by atoms with Crippen molar-refractivity contribution in [2.75, 3.05) is 61.4 Å². The Hall–Kier alpha value is -3.38. The van der Waals surface area contributed by atoms with Crippen LogP contribution in [-0.2, 0) is 24.3 Å². The number of aromatic nitrogens is 2. The summed E-state index contributed by atoms with van der Waals surface area (Å²) in [5.41, 5.74) is 3.91.